The van der Waals surface area contributed by atoms with Gasteiger partial charge in [-0.25, -0.2) is 0 Å². The SMILES string of the molecule is Cc1ccc(C[S+](C)C[Si](C)(C)C)cc1.[Br-]. The molecule has 1 aromatic carbocycles. The van der Waals surface area contributed by atoms with Crippen LogP contribution in [-0.4, -0.2) is 19.7 Å². The molecule has 1 atom stereocenters. The third-order valence-electron chi connectivity index (χ3n) is 2.21. The Kier molecular flexibility index (Phi) is 6.99. The van der Waals surface area contributed by atoms with E-state index in [9.17, 15) is 0 Å². The minimum Gasteiger partial charge on any atom is -1.00 e. The van der Waals surface area contributed by atoms with E-state index in [4.69, 9.17) is 0 Å². The van der Waals surface area contributed by atoms with E-state index in [1.165, 1.54) is 22.3 Å². The molecular formula is C13H23BrSSi. The van der Waals surface area contributed by atoms with Gasteiger partial charge in [0.1, 0.15) is 13.8 Å². The van der Waals surface area contributed by atoms with Gasteiger partial charge in [-0.05, 0) is 17.8 Å². The first-order valence-electron chi connectivity index (χ1n) is 5.51. The highest BCUT2D eigenvalue weighted by molar-refractivity contribution is 7.97. The number of hydrogen-bond acceptors (Lipinski definition) is 0. The lowest BCUT2D eigenvalue weighted by molar-refractivity contribution is -0.00000368. The van der Waals surface area contributed by atoms with Crippen molar-refractivity contribution in [1.29, 1.82) is 0 Å². The molecule has 0 N–H and O–H groups in total. The summed E-state index contributed by atoms with van der Waals surface area (Å²) in [5.41, 5.74) is 2.87. The van der Waals surface area contributed by atoms with Gasteiger partial charge in [0, 0.05) is 5.56 Å². The Morgan fingerprint density at radius 3 is 2.00 bits per heavy atom. The maximum absolute atomic E-state index is 2.46. The first-order chi connectivity index (χ1) is 6.87. The van der Waals surface area contributed by atoms with Crippen LogP contribution in [0.25, 0.3) is 0 Å². The second-order valence-corrected chi connectivity index (χ2v) is 13.7. The number of aryl methyl sites for hydroxylation is 1. The van der Waals surface area contributed by atoms with Crippen molar-refractivity contribution < 1.29 is 17.0 Å². The Morgan fingerprint density at radius 1 is 1.06 bits per heavy atom. The molecule has 0 aliphatic carbocycles. The van der Waals surface area contributed by atoms with E-state index in [0.29, 0.717) is 10.9 Å². The molecule has 0 bridgehead atoms. The van der Waals surface area contributed by atoms with E-state index < -0.39 is 8.07 Å². The molecule has 1 aromatic rings. The van der Waals surface area contributed by atoms with Gasteiger partial charge >= 0.3 is 0 Å². The fourth-order valence-corrected chi connectivity index (χ4v) is 8.84. The zero-order valence-electron chi connectivity index (χ0n) is 11.0. The van der Waals surface area contributed by atoms with E-state index in [-0.39, 0.29) is 17.0 Å². The van der Waals surface area contributed by atoms with Crippen molar-refractivity contribution in [3.63, 3.8) is 0 Å². The van der Waals surface area contributed by atoms with Crippen LogP contribution >= 0.6 is 0 Å². The van der Waals surface area contributed by atoms with Crippen molar-refractivity contribution in [3.8, 4) is 0 Å². The molecular weight excluding hydrogens is 296 g/mol. The van der Waals surface area contributed by atoms with Gasteiger partial charge in [-0.15, -0.1) is 0 Å². The molecule has 0 aliphatic heterocycles. The smallest absolute Gasteiger partial charge is 0.132 e. The lowest BCUT2D eigenvalue weighted by Gasteiger charge is -2.14. The maximum atomic E-state index is 2.46. The van der Waals surface area contributed by atoms with Crippen LogP contribution in [0.15, 0.2) is 24.3 Å². The predicted octanol–water partition coefficient (Wildman–Crippen LogP) is 0.625. The zero-order chi connectivity index (χ0) is 11.5. The highest BCUT2D eigenvalue weighted by Gasteiger charge is 2.24. The second kappa shape index (κ2) is 6.87. The van der Waals surface area contributed by atoms with Crippen LogP contribution in [-0.2, 0) is 16.6 Å². The van der Waals surface area contributed by atoms with E-state index in [1.807, 2.05) is 0 Å². The Morgan fingerprint density at radius 2 is 1.56 bits per heavy atom. The van der Waals surface area contributed by atoms with Gasteiger partial charge in [-0.2, -0.15) is 0 Å². The fraction of sp³-hybridized carbons (Fsp3) is 0.538. The van der Waals surface area contributed by atoms with Crippen LogP contribution in [0, 0.1) is 6.92 Å². The summed E-state index contributed by atoms with van der Waals surface area (Å²) in [6.45, 7) is 9.54. The Labute approximate surface area is 115 Å². The lowest BCUT2D eigenvalue weighted by Crippen LogP contribution is -3.00. The summed E-state index contributed by atoms with van der Waals surface area (Å²) in [6.07, 6.45) is 2.41. The van der Waals surface area contributed by atoms with Gasteiger partial charge in [0.2, 0.25) is 0 Å². The molecule has 3 heteroatoms. The molecule has 0 saturated carbocycles. The van der Waals surface area contributed by atoms with E-state index in [2.05, 4.69) is 57.1 Å². The molecule has 0 aromatic heterocycles. The summed E-state index contributed by atoms with van der Waals surface area (Å²) in [5.74, 6) is 1.27. The largest absolute Gasteiger partial charge is 1.00 e. The zero-order valence-corrected chi connectivity index (χ0v) is 14.4. The molecule has 0 aliphatic rings. The lowest BCUT2D eigenvalue weighted by atomic mass is 10.2. The third kappa shape index (κ3) is 6.76. The van der Waals surface area contributed by atoms with Crippen molar-refractivity contribution in [2.45, 2.75) is 32.3 Å². The van der Waals surface area contributed by atoms with Crippen LogP contribution < -0.4 is 17.0 Å². The Balaban J connectivity index is 0.00000225. The minimum absolute atomic E-state index is 0. The van der Waals surface area contributed by atoms with Crippen molar-refractivity contribution in [2.75, 3.05) is 11.6 Å². The molecule has 16 heavy (non-hydrogen) atoms. The molecule has 0 heterocycles. The molecule has 1 rings (SSSR count). The summed E-state index contributed by atoms with van der Waals surface area (Å²) in [6, 6.07) is 9.01. The quantitative estimate of drug-likeness (QED) is 0.564. The van der Waals surface area contributed by atoms with Crippen molar-refractivity contribution in [1.82, 2.24) is 0 Å². The monoisotopic (exact) mass is 318 g/mol. The normalized spacial score (nSPS) is 13.1. The first kappa shape index (κ1) is 16.3. The minimum atomic E-state index is -0.873. The molecule has 92 valence electrons. The summed E-state index contributed by atoms with van der Waals surface area (Å²) in [7, 11) is -0.308. The van der Waals surface area contributed by atoms with E-state index in [0.717, 1.165) is 0 Å². The number of benzene rings is 1. The molecule has 0 nitrogen and oxygen atoms in total. The highest BCUT2D eigenvalue weighted by atomic mass is 79.9. The van der Waals surface area contributed by atoms with Crippen molar-refractivity contribution >= 4 is 19.0 Å². The third-order valence-corrected chi connectivity index (χ3v) is 8.47. The summed E-state index contributed by atoms with van der Waals surface area (Å²) < 4.78 is 0. The van der Waals surface area contributed by atoms with Crippen LogP contribution in [0.3, 0.4) is 0 Å². The number of rotatable bonds is 4. The average molecular weight is 319 g/mol. The molecule has 0 amide bonds. The second-order valence-electron chi connectivity index (χ2n) is 5.62. The summed E-state index contributed by atoms with van der Waals surface area (Å²) in [4.78, 5) is 0. The Hall–Kier alpha value is 0.267. The van der Waals surface area contributed by atoms with Crippen LogP contribution in [0.2, 0.25) is 19.6 Å². The molecule has 0 saturated heterocycles. The molecule has 1 unspecified atom stereocenters. The van der Waals surface area contributed by atoms with Crippen molar-refractivity contribution in [3.05, 3.63) is 35.4 Å². The topological polar surface area (TPSA) is 0 Å². The summed E-state index contributed by atoms with van der Waals surface area (Å²) >= 11 is 0. The van der Waals surface area contributed by atoms with Gasteiger partial charge in [-0.3, -0.25) is 0 Å². The Bertz CT molecular complexity index is 303. The molecule has 0 radical (unpaired) electrons. The van der Waals surface area contributed by atoms with Gasteiger partial charge in [-0.1, -0.05) is 49.5 Å². The van der Waals surface area contributed by atoms with E-state index >= 15 is 0 Å². The van der Waals surface area contributed by atoms with Gasteiger partial charge in [0.05, 0.1) is 11.6 Å². The van der Waals surface area contributed by atoms with Gasteiger partial charge in [0.25, 0.3) is 0 Å². The van der Waals surface area contributed by atoms with Gasteiger partial charge in [0.15, 0.2) is 0 Å². The molecule has 0 fully saturated rings. The van der Waals surface area contributed by atoms with Gasteiger partial charge < -0.3 is 17.0 Å². The number of halogens is 1. The van der Waals surface area contributed by atoms with Crippen LogP contribution in [0.4, 0.5) is 0 Å². The molecule has 0 spiro atoms. The summed E-state index contributed by atoms with van der Waals surface area (Å²) in [5, 5.41) is 1.46. The standard InChI is InChI=1S/C13H23SSi.BrH/c1-12-6-8-13(9-7-12)10-14(2)11-15(3,4)5;/h6-9H,10-11H2,1-5H3;1H/q+1;/p-1. The van der Waals surface area contributed by atoms with Crippen LogP contribution in [0.1, 0.15) is 11.1 Å². The van der Waals surface area contributed by atoms with Crippen molar-refractivity contribution in [2.24, 2.45) is 0 Å². The number of hydrogen-bond donors (Lipinski definition) is 0. The predicted molar refractivity (Wildman–Crippen MR) is 76.4 cm³/mol. The fourth-order valence-electron chi connectivity index (χ4n) is 1.76. The van der Waals surface area contributed by atoms with E-state index in [1.54, 1.807) is 0 Å². The average Bonchev–Trinajstić information content (AvgIpc) is 2.05. The van der Waals surface area contributed by atoms with Crippen LogP contribution in [0.5, 0.6) is 0 Å². The first-order valence-corrected chi connectivity index (χ1v) is 11.2. The highest BCUT2D eigenvalue weighted by Crippen LogP contribution is 2.13. The maximum Gasteiger partial charge on any atom is 0.132 e.